The normalized spacial score (nSPS) is 20.8. The topological polar surface area (TPSA) is 78.5 Å². The third-order valence-electron chi connectivity index (χ3n) is 3.06. The van der Waals surface area contributed by atoms with Gasteiger partial charge in [0.25, 0.3) is 0 Å². The highest BCUT2D eigenvalue weighted by Crippen LogP contribution is 2.26. The van der Waals surface area contributed by atoms with Crippen LogP contribution in [-0.4, -0.2) is 53.9 Å². The maximum Gasteiger partial charge on any atom is 0.247 e. The van der Waals surface area contributed by atoms with E-state index in [1.165, 1.54) is 16.7 Å². The van der Waals surface area contributed by atoms with Gasteiger partial charge in [-0.15, -0.1) is 11.8 Å². The van der Waals surface area contributed by atoms with E-state index in [1.807, 2.05) is 20.8 Å². The lowest BCUT2D eigenvalue weighted by molar-refractivity contribution is -0.142. The molecule has 1 fully saturated rings. The van der Waals surface area contributed by atoms with Crippen molar-refractivity contribution in [1.82, 2.24) is 15.5 Å². The van der Waals surface area contributed by atoms with Gasteiger partial charge in [0.05, 0.1) is 5.88 Å². The highest BCUT2D eigenvalue weighted by molar-refractivity contribution is 7.99. The molecule has 1 rings (SSSR count). The van der Waals surface area contributed by atoms with Crippen molar-refractivity contribution in [2.75, 3.05) is 18.7 Å². The van der Waals surface area contributed by atoms with E-state index < -0.39 is 17.5 Å². The molecule has 1 heterocycles. The van der Waals surface area contributed by atoms with Crippen LogP contribution in [0.2, 0.25) is 0 Å². The average Bonchev–Trinajstić information content (AvgIpc) is 2.81. The monoisotopic (exact) mass is 287 g/mol. The van der Waals surface area contributed by atoms with Crippen LogP contribution in [0.15, 0.2) is 0 Å². The van der Waals surface area contributed by atoms with Crippen molar-refractivity contribution in [2.24, 2.45) is 5.41 Å². The lowest BCUT2D eigenvalue weighted by Gasteiger charge is -2.33. The summed E-state index contributed by atoms with van der Waals surface area (Å²) in [5.74, 6) is 0.684. The first-order valence-electron chi connectivity index (χ1n) is 6.12. The minimum atomic E-state index is -0.629. The molecule has 7 heteroatoms. The van der Waals surface area contributed by atoms with E-state index in [-0.39, 0.29) is 11.8 Å². The summed E-state index contributed by atoms with van der Waals surface area (Å²) in [5, 5.41) is 5.13. The standard InChI is InChI=1S/C12H21N3O3S/c1-12(2,3)9(14-6-16)11(18)15-7-19-5-8(15)10(17)13-4/h6,8-9H,5,7H2,1-4H3,(H,13,17)(H,14,16). The Hall–Kier alpha value is -1.24. The van der Waals surface area contributed by atoms with Crippen molar-refractivity contribution in [2.45, 2.75) is 32.9 Å². The molecule has 1 aliphatic rings. The van der Waals surface area contributed by atoms with Crippen LogP contribution in [0.5, 0.6) is 0 Å². The Bertz CT molecular complexity index is 368. The van der Waals surface area contributed by atoms with Gasteiger partial charge in [-0.25, -0.2) is 0 Å². The SMILES string of the molecule is CNC(=O)C1CSCN1C(=O)C(NC=O)C(C)(C)C. The summed E-state index contributed by atoms with van der Waals surface area (Å²) in [6, 6.07) is -1.09. The molecule has 3 amide bonds. The van der Waals surface area contributed by atoms with Crippen LogP contribution < -0.4 is 10.6 Å². The number of thioether (sulfide) groups is 1. The third-order valence-corrected chi connectivity index (χ3v) is 4.07. The molecule has 0 aromatic heterocycles. The molecule has 2 N–H and O–H groups in total. The van der Waals surface area contributed by atoms with Gasteiger partial charge >= 0.3 is 0 Å². The Morgan fingerprint density at radius 2 is 2.05 bits per heavy atom. The molecule has 6 nitrogen and oxygen atoms in total. The number of hydrogen-bond acceptors (Lipinski definition) is 4. The van der Waals surface area contributed by atoms with Crippen molar-refractivity contribution in [3.8, 4) is 0 Å². The minimum Gasteiger partial charge on any atom is -0.357 e. The Labute approximate surface area is 117 Å². The fourth-order valence-electron chi connectivity index (χ4n) is 1.97. The zero-order valence-corrected chi connectivity index (χ0v) is 12.5. The summed E-state index contributed by atoms with van der Waals surface area (Å²) in [4.78, 5) is 36.5. The predicted octanol–water partition coefficient (Wildman–Crippen LogP) is -0.205. The molecule has 0 aliphatic carbocycles. The van der Waals surface area contributed by atoms with Crippen LogP contribution in [0.4, 0.5) is 0 Å². The first kappa shape index (κ1) is 15.8. The van der Waals surface area contributed by atoms with Gasteiger partial charge in [-0.2, -0.15) is 0 Å². The van der Waals surface area contributed by atoms with Crippen LogP contribution in [0.1, 0.15) is 20.8 Å². The summed E-state index contributed by atoms with van der Waals surface area (Å²) in [6.45, 7) is 5.64. The second-order valence-corrected chi connectivity index (χ2v) is 6.52. The number of nitrogens with zero attached hydrogens (tertiary/aromatic N) is 1. The Balaban J connectivity index is 2.90. The smallest absolute Gasteiger partial charge is 0.247 e. The van der Waals surface area contributed by atoms with Crippen LogP contribution in [0, 0.1) is 5.41 Å². The molecule has 19 heavy (non-hydrogen) atoms. The van der Waals surface area contributed by atoms with Gasteiger partial charge in [0, 0.05) is 12.8 Å². The van der Waals surface area contributed by atoms with Crippen molar-refractivity contribution < 1.29 is 14.4 Å². The van der Waals surface area contributed by atoms with E-state index >= 15 is 0 Å². The van der Waals surface area contributed by atoms with Gasteiger partial charge in [0.1, 0.15) is 12.1 Å². The number of carbonyl (C=O) groups is 3. The average molecular weight is 287 g/mol. The van der Waals surface area contributed by atoms with Crippen molar-refractivity contribution >= 4 is 30.0 Å². The summed E-state index contributed by atoms with van der Waals surface area (Å²) in [6.07, 6.45) is 0.534. The van der Waals surface area contributed by atoms with Crippen LogP contribution in [0.3, 0.4) is 0 Å². The zero-order valence-electron chi connectivity index (χ0n) is 11.7. The number of rotatable bonds is 4. The fraction of sp³-hybridized carbons (Fsp3) is 0.750. The van der Waals surface area contributed by atoms with E-state index in [9.17, 15) is 14.4 Å². The number of nitrogens with one attached hydrogen (secondary N) is 2. The van der Waals surface area contributed by atoms with Gasteiger partial charge < -0.3 is 15.5 Å². The van der Waals surface area contributed by atoms with Crippen molar-refractivity contribution in [1.29, 1.82) is 0 Å². The van der Waals surface area contributed by atoms with E-state index in [0.717, 1.165) is 0 Å². The maximum atomic E-state index is 12.5. The quantitative estimate of drug-likeness (QED) is 0.702. The molecule has 1 saturated heterocycles. The first-order chi connectivity index (χ1) is 8.82. The number of carbonyl (C=O) groups excluding carboxylic acids is 3. The second kappa shape index (κ2) is 6.27. The summed E-state index contributed by atoms with van der Waals surface area (Å²) in [5.41, 5.74) is -0.404. The Kier molecular flexibility index (Phi) is 5.22. The molecule has 0 radical (unpaired) electrons. The van der Waals surface area contributed by atoms with E-state index in [2.05, 4.69) is 10.6 Å². The molecular weight excluding hydrogens is 266 g/mol. The van der Waals surface area contributed by atoms with Gasteiger partial charge in [-0.1, -0.05) is 20.8 Å². The largest absolute Gasteiger partial charge is 0.357 e. The van der Waals surface area contributed by atoms with E-state index in [4.69, 9.17) is 0 Å². The fourth-order valence-corrected chi connectivity index (χ4v) is 3.13. The van der Waals surface area contributed by atoms with Crippen LogP contribution in [0.25, 0.3) is 0 Å². The highest BCUT2D eigenvalue weighted by atomic mass is 32.2. The summed E-state index contributed by atoms with van der Waals surface area (Å²) in [7, 11) is 1.55. The lowest BCUT2D eigenvalue weighted by atomic mass is 9.85. The van der Waals surface area contributed by atoms with Gasteiger partial charge in [0.2, 0.25) is 18.2 Å². The summed E-state index contributed by atoms with van der Waals surface area (Å²) < 4.78 is 0. The van der Waals surface area contributed by atoms with Crippen molar-refractivity contribution in [3.05, 3.63) is 0 Å². The van der Waals surface area contributed by atoms with E-state index in [0.29, 0.717) is 18.0 Å². The van der Waals surface area contributed by atoms with Gasteiger partial charge in [0.15, 0.2) is 0 Å². The third kappa shape index (κ3) is 3.62. The highest BCUT2D eigenvalue weighted by Gasteiger charge is 2.41. The Morgan fingerprint density at radius 3 is 2.53 bits per heavy atom. The first-order valence-corrected chi connectivity index (χ1v) is 7.28. The molecule has 0 aromatic carbocycles. The van der Waals surface area contributed by atoms with Crippen LogP contribution >= 0.6 is 11.8 Å². The van der Waals surface area contributed by atoms with Gasteiger partial charge in [-0.05, 0) is 5.41 Å². The van der Waals surface area contributed by atoms with E-state index in [1.54, 1.807) is 7.05 Å². The van der Waals surface area contributed by atoms with Gasteiger partial charge in [-0.3, -0.25) is 14.4 Å². The molecule has 108 valence electrons. The maximum absolute atomic E-state index is 12.5. The molecular formula is C12H21N3O3S. The molecule has 0 bridgehead atoms. The molecule has 0 saturated carbocycles. The molecule has 2 unspecified atom stereocenters. The molecule has 1 aliphatic heterocycles. The summed E-state index contributed by atoms with van der Waals surface area (Å²) >= 11 is 1.54. The van der Waals surface area contributed by atoms with Crippen molar-refractivity contribution in [3.63, 3.8) is 0 Å². The minimum absolute atomic E-state index is 0.169. The second-order valence-electron chi connectivity index (χ2n) is 5.52. The zero-order chi connectivity index (χ0) is 14.6. The molecule has 0 aromatic rings. The number of likely N-dealkylation sites (N-methyl/N-ethyl adjacent to an activating group) is 1. The van der Waals surface area contributed by atoms with Crippen LogP contribution in [-0.2, 0) is 14.4 Å². The lowest BCUT2D eigenvalue weighted by Crippen LogP contribution is -2.56. The molecule has 0 spiro atoms. The predicted molar refractivity (Wildman–Crippen MR) is 74.5 cm³/mol. The Morgan fingerprint density at radius 1 is 1.42 bits per heavy atom. The molecule has 2 atom stereocenters. The number of amides is 3. The number of hydrogen-bond donors (Lipinski definition) is 2.